The van der Waals surface area contributed by atoms with E-state index in [1.165, 1.54) is 24.9 Å². The predicted octanol–water partition coefficient (Wildman–Crippen LogP) is 2.76. The summed E-state index contributed by atoms with van der Waals surface area (Å²) in [7, 11) is 1.45. The van der Waals surface area contributed by atoms with Gasteiger partial charge in [-0.05, 0) is 31.5 Å². The maximum Gasteiger partial charge on any atom is 0.191 e. The zero-order valence-electron chi connectivity index (χ0n) is 12.3. The van der Waals surface area contributed by atoms with E-state index in [2.05, 4.69) is 24.0 Å². The van der Waals surface area contributed by atoms with Crippen LogP contribution in [0.15, 0.2) is 23.4 Å². The summed E-state index contributed by atoms with van der Waals surface area (Å²) in [6, 6.07) is 5.18. The summed E-state index contributed by atoms with van der Waals surface area (Å²) in [4.78, 5) is 0. The van der Waals surface area contributed by atoms with E-state index in [9.17, 15) is 4.39 Å². The molecule has 0 aliphatic carbocycles. The Balaban J connectivity index is 2.13. The summed E-state index contributed by atoms with van der Waals surface area (Å²) in [6.07, 6.45) is 0. The van der Waals surface area contributed by atoms with Crippen LogP contribution in [-0.2, 0) is 12.3 Å². The molecule has 5 nitrogen and oxygen atoms in total. The van der Waals surface area contributed by atoms with Crippen LogP contribution in [0.3, 0.4) is 0 Å². The molecule has 0 spiro atoms. The highest BCUT2D eigenvalue weighted by atomic mass is 32.2. The van der Waals surface area contributed by atoms with Crippen LogP contribution in [0.25, 0.3) is 0 Å². The molecule has 0 unspecified atom stereocenters. The number of methoxy groups -OCH3 is 1. The van der Waals surface area contributed by atoms with E-state index in [1.54, 1.807) is 6.07 Å². The second-order valence-electron chi connectivity index (χ2n) is 4.82. The largest absolute Gasteiger partial charge is 0.494 e. The Morgan fingerprint density at radius 3 is 2.71 bits per heavy atom. The van der Waals surface area contributed by atoms with Gasteiger partial charge in [-0.2, -0.15) is 0 Å². The molecule has 0 atom stereocenters. The molecule has 2 rings (SSSR count). The number of hydrogen-bond donors (Lipinski definition) is 1. The van der Waals surface area contributed by atoms with Crippen molar-refractivity contribution >= 4 is 11.8 Å². The average Bonchev–Trinajstić information content (AvgIpc) is 2.88. The Morgan fingerprint density at radius 2 is 2.14 bits per heavy atom. The van der Waals surface area contributed by atoms with E-state index in [1.807, 2.05) is 10.6 Å². The fourth-order valence-corrected chi connectivity index (χ4v) is 3.04. The Morgan fingerprint density at radius 1 is 1.38 bits per heavy atom. The first-order valence-corrected chi connectivity index (χ1v) is 7.64. The van der Waals surface area contributed by atoms with Gasteiger partial charge < -0.3 is 15.0 Å². The second-order valence-corrected chi connectivity index (χ2v) is 5.77. The molecular formula is C14H19FN4OS. The molecule has 1 aromatic heterocycles. The first-order chi connectivity index (χ1) is 10.1. The lowest BCUT2D eigenvalue weighted by atomic mass is 10.2. The Bertz CT molecular complexity index is 615. The molecule has 114 valence electrons. The van der Waals surface area contributed by atoms with E-state index in [0.29, 0.717) is 12.3 Å². The van der Waals surface area contributed by atoms with Crippen molar-refractivity contribution in [2.45, 2.75) is 37.3 Å². The number of halogens is 1. The van der Waals surface area contributed by atoms with E-state index < -0.39 is 0 Å². The Kier molecular flexibility index (Phi) is 5.19. The summed E-state index contributed by atoms with van der Waals surface area (Å²) < 4.78 is 20.6. The Labute approximate surface area is 127 Å². The van der Waals surface area contributed by atoms with Gasteiger partial charge in [-0.15, -0.1) is 10.2 Å². The maximum atomic E-state index is 13.7. The molecule has 0 aliphatic heterocycles. The van der Waals surface area contributed by atoms with Crippen LogP contribution in [0.1, 0.15) is 31.3 Å². The first-order valence-electron chi connectivity index (χ1n) is 6.65. The SMILES string of the molecule is COc1ccc(CSc2nnc(CN)n2C(C)C)cc1F. The lowest BCUT2D eigenvalue weighted by Gasteiger charge is -2.12. The van der Waals surface area contributed by atoms with Crippen molar-refractivity contribution in [3.63, 3.8) is 0 Å². The van der Waals surface area contributed by atoms with Crippen LogP contribution in [-0.4, -0.2) is 21.9 Å². The lowest BCUT2D eigenvalue weighted by molar-refractivity contribution is 0.386. The molecular weight excluding hydrogens is 291 g/mol. The van der Waals surface area contributed by atoms with Gasteiger partial charge >= 0.3 is 0 Å². The molecule has 0 aliphatic rings. The highest BCUT2D eigenvalue weighted by molar-refractivity contribution is 7.98. The summed E-state index contributed by atoms with van der Waals surface area (Å²) in [5.41, 5.74) is 6.53. The van der Waals surface area contributed by atoms with E-state index in [-0.39, 0.29) is 17.6 Å². The normalized spacial score (nSPS) is 11.1. The number of nitrogens with two attached hydrogens (primary N) is 1. The van der Waals surface area contributed by atoms with Gasteiger partial charge in [0.25, 0.3) is 0 Å². The zero-order valence-corrected chi connectivity index (χ0v) is 13.2. The van der Waals surface area contributed by atoms with Crippen molar-refractivity contribution in [3.05, 3.63) is 35.4 Å². The fourth-order valence-electron chi connectivity index (χ4n) is 2.01. The molecule has 7 heteroatoms. The molecule has 1 aromatic carbocycles. The average molecular weight is 310 g/mol. The number of rotatable bonds is 6. The van der Waals surface area contributed by atoms with Crippen LogP contribution in [0.2, 0.25) is 0 Å². The van der Waals surface area contributed by atoms with Crippen LogP contribution >= 0.6 is 11.8 Å². The van der Waals surface area contributed by atoms with Crippen molar-refractivity contribution in [1.29, 1.82) is 0 Å². The standard InChI is InChI=1S/C14H19FN4OS/c1-9(2)19-13(7-16)17-18-14(19)21-8-10-4-5-12(20-3)11(15)6-10/h4-6,9H,7-8,16H2,1-3H3. The number of aromatic nitrogens is 3. The summed E-state index contributed by atoms with van der Waals surface area (Å²) >= 11 is 1.51. The number of benzene rings is 1. The molecule has 0 saturated carbocycles. The fraction of sp³-hybridized carbons (Fsp3) is 0.429. The minimum Gasteiger partial charge on any atom is -0.494 e. The lowest BCUT2D eigenvalue weighted by Crippen LogP contribution is -2.11. The molecule has 2 N–H and O–H groups in total. The van der Waals surface area contributed by atoms with E-state index >= 15 is 0 Å². The minimum atomic E-state index is -0.358. The topological polar surface area (TPSA) is 66.0 Å². The van der Waals surface area contributed by atoms with Gasteiger partial charge in [0.05, 0.1) is 13.7 Å². The highest BCUT2D eigenvalue weighted by Crippen LogP contribution is 2.26. The third kappa shape index (κ3) is 3.54. The van der Waals surface area contributed by atoms with Gasteiger partial charge in [-0.1, -0.05) is 17.8 Å². The van der Waals surface area contributed by atoms with E-state index in [4.69, 9.17) is 10.5 Å². The van der Waals surface area contributed by atoms with Gasteiger partial charge in [0.2, 0.25) is 0 Å². The number of nitrogens with zero attached hydrogens (tertiary/aromatic N) is 3. The number of ether oxygens (including phenoxy) is 1. The summed E-state index contributed by atoms with van der Waals surface area (Å²) in [5.74, 6) is 1.26. The Hall–Kier alpha value is -1.60. The molecule has 0 saturated heterocycles. The third-order valence-electron chi connectivity index (χ3n) is 3.02. The van der Waals surface area contributed by atoms with Crippen LogP contribution < -0.4 is 10.5 Å². The molecule has 0 amide bonds. The molecule has 0 radical (unpaired) electrons. The van der Waals surface area contributed by atoms with Crippen molar-refractivity contribution in [3.8, 4) is 5.75 Å². The number of thioether (sulfide) groups is 1. The maximum absolute atomic E-state index is 13.7. The van der Waals surface area contributed by atoms with Gasteiger partial charge in [0.1, 0.15) is 5.82 Å². The van der Waals surface area contributed by atoms with Gasteiger partial charge in [-0.25, -0.2) is 4.39 Å². The molecule has 0 fully saturated rings. The highest BCUT2D eigenvalue weighted by Gasteiger charge is 2.14. The second kappa shape index (κ2) is 6.91. The monoisotopic (exact) mass is 310 g/mol. The smallest absolute Gasteiger partial charge is 0.191 e. The molecule has 0 bridgehead atoms. The predicted molar refractivity (Wildman–Crippen MR) is 80.8 cm³/mol. The van der Waals surface area contributed by atoms with Gasteiger partial charge in [-0.3, -0.25) is 0 Å². The quantitative estimate of drug-likeness (QED) is 0.831. The molecule has 2 aromatic rings. The van der Waals surface area contributed by atoms with Crippen LogP contribution in [0.5, 0.6) is 5.75 Å². The van der Waals surface area contributed by atoms with Crippen LogP contribution in [0, 0.1) is 5.82 Å². The third-order valence-corrected chi connectivity index (χ3v) is 4.03. The first kappa shape index (κ1) is 15.8. The van der Waals surface area contributed by atoms with E-state index in [0.717, 1.165) is 16.5 Å². The van der Waals surface area contributed by atoms with Gasteiger partial charge in [0, 0.05) is 11.8 Å². The summed E-state index contributed by atoms with van der Waals surface area (Å²) in [6.45, 7) is 4.46. The molecule has 1 heterocycles. The van der Waals surface area contributed by atoms with Crippen molar-refractivity contribution < 1.29 is 9.13 Å². The number of hydrogen-bond acceptors (Lipinski definition) is 5. The summed E-state index contributed by atoms with van der Waals surface area (Å²) in [5, 5.41) is 9.04. The van der Waals surface area contributed by atoms with Crippen molar-refractivity contribution in [2.75, 3.05) is 7.11 Å². The minimum absolute atomic E-state index is 0.230. The molecule has 21 heavy (non-hydrogen) atoms. The van der Waals surface area contributed by atoms with Crippen LogP contribution in [0.4, 0.5) is 4.39 Å². The van der Waals surface area contributed by atoms with Crippen molar-refractivity contribution in [2.24, 2.45) is 5.73 Å². The zero-order chi connectivity index (χ0) is 15.4. The van der Waals surface area contributed by atoms with Crippen molar-refractivity contribution in [1.82, 2.24) is 14.8 Å². The van der Waals surface area contributed by atoms with Gasteiger partial charge in [0.15, 0.2) is 16.7 Å².